The van der Waals surface area contributed by atoms with E-state index in [0.29, 0.717) is 46.3 Å². The number of aromatic nitrogens is 1. The summed E-state index contributed by atoms with van der Waals surface area (Å²) in [6, 6.07) is 10.3. The summed E-state index contributed by atoms with van der Waals surface area (Å²) >= 11 is 0. The summed E-state index contributed by atoms with van der Waals surface area (Å²) in [5, 5.41) is 15.6. The number of benzene rings is 2. The van der Waals surface area contributed by atoms with Gasteiger partial charge in [-0.05, 0) is 57.0 Å². The number of methoxy groups -OCH3 is 2. The number of aryl methyl sites for hydroxylation is 2. The molecule has 3 aromatic rings. The summed E-state index contributed by atoms with van der Waals surface area (Å²) in [6.07, 6.45) is 0.564. The van der Waals surface area contributed by atoms with E-state index >= 15 is 0 Å². The highest BCUT2D eigenvalue weighted by atomic mass is 16.5. The predicted octanol–water partition coefficient (Wildman–Crippen LogP) is 3.90. The lowest BCUT2D eigenvalue weighted by Gasteiger charge is -2.22. The van der Waals surface area contributed by atoms with E-state index in [1.54, 1.807) is 59.4 Å². The van der Waals surface area contributed by atoms with Crippen molar-refractivity contribution in [3.63, 3.8) is 0 Å². The number of hydrogen-bond donors (Lipinski definition) is 2. The van der Waals surface area contributed by atoms with Crippen LogP contribution < -0.4 is 20.1 Å². The molecule has 0 saturated heterocycles. The molecule has 10 nitrogen and oxygen atoms in total. The van der Waals surface area contributed by atoms with E-state index in [1.807, 2.05) is 19.1 Å². The first kappa shape index (κ1) is 24.8. The SMILES string of the molecule is CNC(=O)N1N=C(c2ccc(C(=O)Nc3c(C)noc3C)cc2)c2cc(OC)c(OC)cc2CC1C. The van der Waals surface area contributed by atoms with Crippen LogP contribution in [0.1, 0.15) is 45.4 Å². The van der Waals surface area contributed by atoms with Crippen LogP contribution in [0.15, 0.2) is 46.0 Å². The average Bonchev–Trinajstić information content (AvgIpc) is 3.12. The zero-order chi connectivity index (χ0) is 26.0. The Morgan fingerprint density at radius 2 is 1.75 bits per heavy atom. The molecule has 1 aliphatic rings. The van der Waals surface area contributed by atoms with Crippen LogP contribution in [0.25, 0.3) is 0 Å². The van der Waals surface area contributed by atoms with Gasteiger partial charge >= 0.3 is 6.03 Å². The maximum absolute atomic E-state index is 12.8. The van der Waals surface area contributed by atoms with Crippen molar-refractivity contribution in [3.8, 4) is 11.5 Å². The highest BCUT2D eigenvalue weighted by Crippen LogP contribution is 2.34. The number of nitrogens with zero attached hydrogens (tertiary/aromatic N) is 3. The highest BCUT2D eigenvalue weighted by Gasteiger charge is 2.28. The molecular formula is C26H29N5O5. The first-order chi connectivity index (χ1) is 17.3. The van der Waals surface area contributed by atoms with Crippen molar-refractivity contribution in [2.75, 3.05) is 26.6 Å². The third-order valence-corrected chi connectivity index (χ3v) is 6.12. The molecule has 1 aliphatic heterocycles. The van der Waals surface area contributed by atoms with E-state index in [0.717, 1.165) is 16.7 Å². The molecule has 0 fully saturated rings. The number of anilines is 1. The summed E-state index contributed by atoms with van der Waals surface area (Å²) in [4.78, 5) is 25.5. The van der Waals surface area contributed by atoms with E-state index in [1.165, 1.54) is 5.01 Å². The third kappa shape index (κ3) is 4.61. The summed E-state index contributed by atoms with van der Waals surface area (Å²) < 4.78 is 16.2. The minimum absolute atomic E-state index is 0.209. The summed E-state index contributed by atoms with van der Waals surface area (Å²) in [5.41, 5.74) is 4.72. The van der Waals surface area contributed by atoms with Crippen molar-refractivity contribution < 1.29 is 23.6 Å². The van der Waals surface area contributed by atoms with Gasteiger partial charge in [0.25, 0.3) is 5.91 Å². The lowest BCUT2D eigenvalue weighted by atomic mass is 9.93. The first-order valence-corrected chi connectivity index (χ1v) is 11.5. The number of carbonyl (C=O) groups excluding carboxylic acids is 2. The van der Waals surface area contributed by atoms with Crippen molar-refractivity contribution >= 4 is 23.3 Å². The fraction of sp³-hybridized carbons (Fsp3) is 0.308. The number of ether oxygens (including phenoxy) is 2. The largest absolute Gasteiger partial charge is 0.493 e. The molecule has 1 atom stereocenters. The molecule has 0 spiro atoms. The second-order valence-electron chi connectivity index (χ2n) is 8.50. The monoisotopic (exact) mass is 491 g/mol. The van der Waals surface area contributed by atoms with Crippen molar-refractivity contribution in [2.45, 2.75) is 33.2 Å². The molecule has 10 heteroatoms. The number of hydrazone groups is 1. The maximum Gasteiger partial charge on any atom is 0.337 e. The van der Waals surface area contributed by atoms with Gasteiger partial charge in [-0.1, -0.05) is 17.3 Å². The van der Waals surface area contributed by atoms with E-state index < -0.39 is 0 Å². The Kier molecular flexibility index (Phi) is 6.96. The topological polar surface area (TPSA) is 118 Å². The van der Waals surface area contributed by atoms with Gasteiger partial charge in [-0.3, -0.25) is 4.79 Å². The number of hydrogen-bond acceptors (Lipinski definition) is 7. The summed E-state index contributed by atoms with van der Waals surface area (Å²) in [6.45, 7) is 5.44. The molecule has 1 unspecified atom stereocenters. The Morgan fingerprint density at radius 3 is 2.33 bits per heavy atom. The van der Waals surface area contributed by atoms with Gasteiger partial charge in [-0.2, -0.15) is 5.10 Å². The molecule has 1 aromatic heterocycles. The number of nitrogens with one attached hydrogen (secondary N) is 2. The Labute approximate surface area is 209 Å². The lowest BCUT2D eigenvalue weighted by molar-refractivity contribution is 0.102. The van der Waals surface area contributed by atoms with Crippen molar-refractivity contribution in [3.05, 3.63) is 70.1 Å². The Balaban J connectivity index is 1.75. The second-order valence-corrected chi connectivity index (χ2v) is 8.50. The van der Waals surface area contributed by atoms with Gasteiger partial charge in [0.05, 0.1) is 26.0 Å². The molecule has 2 N–H and O–H groups in total. The van der Waals surface area contributed by atoms with E-state index in [9.17, 15) is 9.59 Å². The Bertz CT molecular complexity index is 1310. The highest BCUT2D eigenvalue weighted by molar-refractivity contribution is 6.15. The number of amides is 3. The fourth-order valence-corrected chi connectivity index (χ4v) is 4.18. The van der Waals surface area contributed by atoms with E-state index in [-0.39, 0.29) is 18.0 Å². The first-order valence-electron chi connectivity index (χ1n) is 11.5. The number of rotatable bonds is 5. The minimum atomic E-state index is -0.317. The normalized spacial score (nSPS) is 14.9. The van der Waals surface area contributed by atoms with Gasteiger partial charge in [-0.15, -0.1) is 0 Å². The van der Waals surface area contributed by atoms with Crippen molar-refractivity contribution in [2.24, 2.45) is 5.10 Å². The third-order valence-electron chi connectivity index (χ3n) is 6.12. The molecule has 36 heavy (non-hydrogen) atoms. The smallest absolute Gasteiger partial charge is 0.337 e. The molecule has 0 aliphatic carbocycles. The minimum Gasteiger partial charge on any atom is -0.493 e. The number of urea groups is 1. The van der Waals surface area contributed by atoms with E-state index in [4.69, 9.17) is 19.1 Å². The van der Waals surface area contributed by atoms with Crippen LogP contribution >= 0.6 is 0 Å². The van der Waals surface area contributed by atoms with Gasteiger partial charge in [0, 0.05) is 23.7 Å². The van der Waals surface area contributed by atoms with Gasteiger partial charge in [0.1, 0.15) is 11.4 Å². The molecule has 2 aromatic carbocycles. The van der Waals surface area contributed by atoms with Gasteiger partial charge in [0.2, 0.25) is 0 Å². The zero-order valence-corrected chi connectivity index (χ0v) is 21.1. The molecular weight excluding hydrogens is 462 g/mol. The van der Waals surface area contributed by atoms with Crippen LogP contribution in [-0.2, 0) is 6.42 Å². The Morgan fingerprint density at radius 1 is 1.08 bits per heavy atom. The van der Waals surface area contributed by atoms with Crippen LogP contribution in [0.5, 0.6) is 11.5 Å². The van der Waals surface area contributed by atoms with Gasteiger partial charge in [0.15, 0.2) is 17.3 Å². The van der Waals surface area contributed by atoms with Crippen molar-refractivity contribution in [1.29, 1.82) is 0 Å². The molecule has 4 rings (SSSR count). The molecule has 0 radical (unpaired) electrons. The standard InChI is InChI=1S/C26H29N5O5/c1-14-11-19-12-21(34-5)22(35-6)13-20(19)24(29-31(14)26(33)27-4)17-7-9-18(10-8-17)25(32)28-23-15(2)30-36-16(23)3/h7-10,12-14H,11H2,1-6H3,(H,27,33)(H,28,32). The van der Waals surface area contributed by atoms with Gasteiger partial charge in [-0.25, -0.2) is 9.80 Å². The average molecular weight is 492 g/mol. The molecule has 0 saturated carbocycles. The second kappa shape index (κ2) is 10.1. The fourth-order valence-electron chi connectivity index (χ4n) is 4.18. The number of carbonyl (C=O) groups is 2. The van der Waals surface area contributed by atoms with Crippen LogP contribution in [0.3, 0.4) is 0 Å². The number of fused-ring (bicyclic) bond motifs is 1. The lowest BCUT2D eigenvalue weighted by Crippen LogP contribution is -2.41. The van der Waals surface area contributed by atoms with Crippen LogP contribution in [0.2, 0.25) is 0 Å². The molecule has 0 bridgehead atoms. The maximum atomic E-state index is 12.8. The van der Waals surface area contributed by atoms with Crippen LogP contribution in [0.4, 0.5) is 10.5 Å². The summed E-state index contributed by atoms with van der Waals surface area (Å²) in [7, 11) is 4.73. The van der Waals surface area contributed by atoms with Crippen LogP contribution in [0, 0.1) is 13.8 Å². The predicted molar refractivity (Wildman–Crippen MR) is 135 cm³/mol. The van der Waals surface area contributed by atoms with Crippen molar-refractivity contribution in [1.82, 2.24) is 15.5 Å². The molecule has 3 amide bonds. The quantitative estimate of drug-likeness (QED) is 0.559. The van der Waals surface area contributed by atoms with Crippen LogP contribution in [-0.4, -0.2) is 55.1 Å². The van der Waals surface area contributed by atoms with E-state index in [2.05, 4.69) is 15.8 Å². The zero-order valence-electron chi connectivity index (χ0n) is 21.1. The molecule has 2 heterocycles. The Hall–Kier alpha value is -4.34. The van der Waals surface area contributed by atoms with Gasteiger partial charge < -0.3 is 24.6 Å². The summed E-state index contributed by atoms with van der Waals surface area (Å²) in [5.74, 6) is 1.41. The molecule has 188 valence electrons.